The zero-order chi connectivity index (χ0) is 43.8. The molecule has 0 fully saturated rings. The minimum absolute atomic E-state index is 0.638. The third-order valence-corrected chi connectivity index (χ3v) is 15.0. The van der Waals surface area contributed by atoms with Crippen LogP contribution < -0.4 is 4.90 Å². The lowest BCUT2D eigenvalue weighted by atomic mass is 9.65. The maximum absolute atomic E-state index is 6.41. The highest BCUT2D eigenvalue weighted by Crippen LogP contribution is 2.64. The fourth-order valence-corrected chi connectivity index (χ4v) is 12.3. The topological polar surface area (TPSA) is 16.4 Å². The molecule has 2 heteroatoms. The summed E-state index contributed by atoms with van der Waals surface area (Å²) >= 11 is 0. The molecule has 1 spiro atoms. The second-order valence-electron chi connectivity index (χ2n) is 18.3. The number of hydrogen-bond donors (Lipinski definition) is 0. The molecule has 1 aromatic heterocycles. The predicted molar refractivity (Wildman–Crippen MR) is 279 cm³/mol. The van der Waals surface area contributed by atoms with Gasteiger partial charge in [0.25, 0.3) is 0 Å². The van der Waals surface area contributed by atoms with Crippen molar-refractivity contribution in [1.29, 1.82) is 0 Å². The van der Waals surface area contributed by atoms with Crippen molar-refractivity contribution >= 4 is 71.3 Å². The van der Waals surface area contributed by atoms with Crippen LogP contribution in [-0.4, -0.2) is 0 Å². The van der Waals surface area contributed by atoms with E-state index in [2.05, 4.69) is 235 Å². The SMILES string of the molecule is c1ccc(-c2ccccc2N(c2ccc3c(c2)-c2ccccc2-c2ccccc2C32c3ccccc3-c3c2cc2ccc4cccc5ccc3c2c45)c2ccc3oc4ccccc4c3c2)cc1. The van der Waals surface area contributed by atoms with Gasteiger partial charge in [-0.15, -0.1) is 0 Å². The Kier molecular flexibility index (Phi) is 7.46. The Bertz CT molecular complexity index is 4160. The molecule has 0 saturated carbocycles. The highest BCUT2D eigenvalue weighted by Gasteiger charge is 2.50. The van der Waals surface area contributed by atoms with Crippen LogP contribution >= 0.6 is 0 Å². The summed E-state index contributed by atoms with van der Waals surface area (Å²) in [7, 11) is 0. The Morgan fingerprint density at radius 1 is 0.313 bits per heavy atom. The van der Waals surface area contributed by atoms with Crippen molar-refractivity contribution in [2.24, 2.45) is 0 Å². The molecular formula is C65H39NO. The summed E-state index contributed by atoms with van der Waals surface area (Å²) in [5, 5.41) is 10.0. The predicted octanol–water partition coefficient (Wildman–Crippen LogP) is 17.6. The van der Waals surface area contributed by atoms with Crippen molar-refractivity contribution < 1.29 is 4.42 Å². The molecule has 13 aromatic rings. The standard InChI is InChI=1S/C65H39NO/c1-2-15-40(16-3-1)46-19-8-12-27-59(46)66(45-33-36-61-54(39-45)50-23-9-13-28-60(50)67-61)44-32-35-57-53(38-44)48-21-5-4-20-47(48)49-22-6-10-25-55(49)65(57)56-26-11-7-24-51(56)64-52-34-31-42-18-14-17-41-29-30-43(37-58(64)65)63(52)62(41)42/h1-39H. The van der Waals surface area contributed by atoms with Crippen LogP contribution in [0, 0.1) is 0 Å². The molecule has 15 rings (SSSR count). The van der Waals surface area contributed by atoms with Gasteiger partial charge in [0, 0.05) is 27.7 Å². The summed E-state index contributed by atoms with van der Waals surface area (Å²) in [6.07, 6.45) is 0. The lowest BCUT2D eigenvalue weighted by molar-refractivity contribution is 0.669. The molecule has 1 unspecified atom stereocenters. The highest BCUT2D eigenvalue weighted by molar-refractivity contribution is 6.27. The van der Waals surface area contributed by atoms with Crippen molar-refractivity contribution in [1.82, 2.24) is 0 Å². The maximum Gasteiger partial charge on any atom is 0.135 e. The smallest absolute Gasteiger partial charge is 0.135 e. The summed E-state index contributed by atoms with van der Waals surface area (Å²) in [4.78, 5) is 2.46. The van der Waals surface area contributed by atoms with E-state index in [1.165, 1.54) is 88.0 Å². The van der Waals surface area contributed by atoms with Crippen LogP contribution in [0.4, 0.5) is 17.1 Å². The van der Waals surface area contributed by atoms with Gasteiger partial charge in [0.15, 0.2) is 0 Å². The molecule has 0 saturated heterocycles. The number of nitrogens with zero attached hydrogens (tertiary/aromatic N) is 1. The Hall–Kier alpha value is -8.72. The van der Waals surface area contributed by atoms with E-state index in [4.69, 9.17) is 4.42 Å². The van der Waals surface area contributed by atoms with Crippen molar-refractivity contribution in [3.05, 3.63) is 259 Å². The van der Waals surface area contributed by atoms with Gasteiger partial charge in [-0.25, -0.2) is 0 Å². The summed E-state index contributed by atoms with van der Waals surface area (Å²) < 4.78 is 6.41. The molecule has 12 aromatic carbocycles. The number of hydrogen-bond acceptors (Lipinski definition) is 2. The Morgan fingerprint density at radius 2 is 0.910 bits per heavy atom. The molecule has 2 aliphatic rings. The fourth-order valence-electron chi connectivity index (χ4n) is 12.3. The van der Waals surface area contributed by atoms with Crippen molar-refractivity contribution in [2.45, 2.75) is 5.41 Å². The Labute approximate surface area is 387 Å². The maximum atomic E-state index is 6.41. The number of rotatable bonds is 4. The summed E-state index contributed by atoms with van der Waals surface area (Å²) in [6.45, 7) is 0. The molecular weight excluding hydrogens is 811 g/mol. The van der Waals surface area contributed by atoms with Crippen LogP contribution in [0.3, 0.4) is 0 Å². The normalized spacial score (nSPS) is 14.6. The van der Waals surface area contributed by atoms with Crippen LogP contribution in [0.25, 0.3) is 98.8 Å². The minimum Gasteiger partial charge on any atom is -0.456 e. The molecule has 67 heavy (non-hydrogen) atoms. The number of benzene rings is 12. The molecule has 1 atom stereocenters. The first-order chi connectivity index (χ1) is 33.2. The van der Waals surface area contributed by atoms with Crippen LogP contribution in [0.5, 0.6) is 0 Å². The average molecular weight is 850 g/mol. The zero-order valence-electron chi connectivity index (χ0n) is 36.4. The molecule has 0 amide bonds. The minimum atomic E-state index is -0.638. The van der Waals surface area contributed by atoms with E-state index in [1.54, 1.807) is 0 Å². The third-order valence-electron chi connectivity index (χ3n) is 15.0. The van der Waals surface area contributed by atoms with Crippen molar-refractivity contribution in [2.75, 3.05) is 4.90 Å². The van der Waals surface area contributed by atoms with Gasteiger partial charge in [0.1, 0.15) is 11.2 Å². The van der Waals surface area contributed by atoms with Crippen LogP contribution in [0.2, 0.25) is 0 Å². The number of para-hydroxylation sites is 2. The molecule has 0 bridgehead atoms. The van der Waals surface area contributed by atoms with Crippen molar-refractivity contribution in [3.8, 4) is 44.5 Å². The van der Waals surface area contributed by atoms with Gasteiger partial charge in [-0.2, -0.15) is 0 Å². The van der Waals surface area contributed by atoms with Gasteiger partial charge in [0.2, 0.25) is 0 Å². The van der Waals surface area contributed by atoms with E-state index in [0.29, 0.717) is 0 Å². The molecule has 310 valence electrons. The van der Waals surface area contributed by atoms with Gasteiger partial charge in [-0.3, -0.25) is 0 Å². The van der Waals surface area contributed by atoms with Crippen LogP contribution in [0.15, 0.2) is 241 Å². The zero-order valence-corrected chi connectivity index (χ0v) is 36.4. The monoisotopic (exact) mass is 849 g/mol. The third kappa shape index (κ3) is 4.94. The highest BCUT2D eigenvalue weighted by atomic mass is 16.3. The van der Waals surface area contributed by atoms with Gasteiger partial charge in [-0.1, -0.05) is 188 Å². The lowest BCUT2D eigenvalue weighted by Crippen LogP contribution is -2.29. The summed E-state index contributed by atoms with van der Waals surface area (Å²) in [5.41, 5.74) is 19.5. The lowest BCUT2D eigenvalue weighted by Gasteiger charge is -2.36. The fraction of sp³-hybridized carbons (Fsp3) is 0.0154. The number of anilines is 3. The first-order valence-corrected chi connectivity index (χ1v) is 23.2. The van der Waals surface area contributed by atoms with E-state index in [-0.39, 0.29) is 0 Å². The van der Waals surface area contributed by atoms with E-state index >= 15 is 0 Å². The van der Waals surface area contributed by atoms with Crippen LogP contribution in [0.1, 0.15) is 22.3 Å². The first kappa shape index (κ1) is 36.6. The summed E-state index contributed by atoms with van der Waals surface area (Å²) in [6, 6.07) is 88.1. The van der Waals surface area contributed by atoms with Crippen molar-refractivity contribution in [3.63, 3.8) is 0 Å². The quantitative estimate of drug-likeness (QED) is 0.164. The van der Waals surface area contributed by atoms with Gasteiger partial charge in [0.05, 0.1) is 11.1 Å². The number of furan rings is 1. The van der Waals surface area contributed by atoms with Crippen LogP contribution in [-0.2, 0) is 5.41 Å². The first-order valence-electron chi connectivity index (χ1n) is 23.2. The Morgan fingerprint density at radius 3 is 1.75 bits per heavy atom. The second kappa shape index (κ2) is 13.7. The van der Waals surface area contributed by atoms with Gasteiger partial charge >= 0.3 is 0 Å². The number of fused-ring (bicyclic) bond motifs is 16. The van der Waals surface area contributed by atoms with Gasteiger partial charge in [-0.05, 0) is 142 Å². The molecule has 2 nitrogen and oxygen atoms in total. The Balaban J connectivity index is 1.07. The van der Waals surface area contributed by atoms with Gasteiger partial charge < -0.3 is 9.32 Å². The average Bonchev–Trinajstić information content (AvgIpc) is 3.88. The second-order valence-corrected chi connectivity index (χ2v) is 18.3. The molecule has 1 heterocycles. The van der Waals surface area contributed by atoms with E-state index in [1.807, 2.05) is 6.07 Å². The molecule has 0 N–H and O–H groups in total. The van der Waals surface area contributed by atoms with E-state index < -0.39 is 5.41 Å². The van der Waals surface area contributed by atoms with E-state index in [9.17, 15) is 0 Å². The summed E-state index contributed by atoms with van der Waals surface area (Å²) in [5.74, 6) is 0. The molecule has 0 aliphatic heterocycles. The van der Waals surface area contributed by atoms with E-state index in [0.717, 1.165) is 50.1 Å². The molecule has 2 aliphatic carbocycles. The molecule has 0 radical (unpaired) electrons. The largest absolute Gasteiger partial charge is 0.456 e.